The topological polar surface area (TPSA) is 138 Å². The van der Waals surface area contributed by atoms with Crippen molar-refractivity contribution in [3.63, 3.8) is 0 Å². The molecule has 0 aliphatic heterocycles. The van der Waals surface area contributed by atoms with Crippen LogP contribution in [0.15, 0.2) is 29.2 Å². The number of nitrogens with one attached hydrogen (secondary N) is 3. The lowest BCUT2D eigenvalue weighted by molar-refractivity contribution is 0.143. The van der Waals surface area contributed by atoms with E-state index in [2.05, 4.69) is 25.3 Å². The lowest BCUT2D eigenvalue weighted by Gasteiger charge is -2.09. The monoisotopic (exact) mass is 369 g/mol. The number of carboxylic acid groups (broad SMARTS) is 1. The molecular weight excluding hydrogens is 354 g/mol. The van der Waals surface area contributed by atoms with E-state index in [-0.39, 0.29) is 17.6 Å². The molecule has 4 rings (SSSR count). The maximum Gasteiger partial charge on any atom is 0.512 e. The number of hydrogen-bond acceptors (Lipinski definition) is 5. The van der Waals surface area contributed by atoms with E-state index >= 15 is 0 Å². The number of carbonyl (C=O) groups excluding carboxylic acids is 1. The van der Waals surface area contributed by atoms with Crippen molar-refractivity contribution < 1.29 is 19.4 Å². The number of carbonyl (C=O) groups is 2. The molecule has 0 radical (unpaired) electrons. The molecular formula is C17H15N5O5. The van der Waals surface area contributed by atoms with E-state index in [9.17, 15) is 14.4 Å². The Balaban J connectivity index is 1.79. The van der Waals surface area contributed by atoms with Gasteiger partial charge in [-0.2, -0.15) is 4.98 Å². The summed E-state index contributed by atoms with van der Waals surface area (Å²) < 4.78 is 6.11. The number of nitrogens with zero attached hydrogens (tertiary/aromatic N) is 2. The van der Waals surface area contributed by atoms with Crippen LogP contribution in [-0.4, -0.2) is 38.7 Å². The summed E-state index contributed by atoms with van der Waals surface area (Å²) in [4.78, 5) is 41.3. The summed E-state index contributed by atoms with van der Waals surface area (Å²) in [5.41, 5.74) is 3.77. The molecule has 0 spiro atoms. The molecule has 0 saturated heterocycles. The maximum absolute atomic E-state index is 12.4. The summed E-state index contributed by atoms with van der Waals surface area (Å²) >= 11 is 0. The fourth-order valence-corrected chi connectivity index (χ4v) is 3.30. The number of urea groups is 1. The van der Waals surface area contributed by atoms with Crippen LogP contribution in [0.1, 0.15) is 16.8 Å². The van der Waals surface area contributed by atoms with Gasteiger partial charge in [-0.15, -0.1) is 0 Å². The number of aromatic nitrogens is 3. The summed E-state index contributed by atoms with van der Waals surface area (Å²) in [6.07, 6.45) is 0.371. The zero-order valence-corrected chi connectivity index (χ0v) is 14.2. The molecule has 138 valence electrons. The van der Waals surface area contributed by atoms with Crippen LogP contribution < -0.4 is 20.9 Å². The van der Waals surface area contributed by atoms with Crippen molar-refractivity contribution >= 4 is 17.8 Å². The molecule has 0 fully saturated rings. The zero-order chi connectivity index (χ0) is 19.1. The van der Waals surface area contributed by atoms with Gasteiger partial charge in [0.05, 0.1) is 17.6 Å². The lowest BCUT2D eigenvalue weighted by atomic mass is 10.0. The average molecular weight is 369 g/mol. The van der Waals surface area contributed by atoms with E-state index in [4.69, 9.17) is 5.11 Å². The quantitative estimate of drug-likeness (QED) is 0.399. The Morgan fingerprint density at radius 1 is 1.41 bits per heavy atom. The van der Waals surface area contributed by atoms with Crippen LogP contribution in [0.4, 0.5) is 9.59 Å². The Hall–Kier alpha value is -3.82. The number of aromatic amines is 1. The van der Waals surface area contributed by atoms with Crippen LogP contribution >= 0.6 is 0 Å². The van der Waals surface area contributed by atoms with Crippen molar-refractivity contribution in [1.29, 1.82) is 0 Å². The number of H-pyrrole nitrogens is 1. The minimum Gasteiger partial charge on any atom is -0.449 e. The number of hydrogen-bond donors (Lipinski definition) is 4. The highest BCUT2D eigenvalue weighted by Crippen LogP contribution is 2.36. The molecule has 27 heavy (non-hydrogen) atoms. The number of ether oxygens (including phenoxy) is 1. The predicted octanol–water partition coefficient (Wildman–Crippen LogP) is 1.08. The van der Waals surface area contributed by atoms with Crippen LogP contribution in [0.2, 0.25) is 0 Å². The zero-order valence-electron chi connectivity index (χ0n) is 14.2. The van der Waals surface area contributed by atoms with Gasteiger partial charge in [0.1, 0.15) is 0 Å². The molecule has 2 heterocycles. The minimum absolute atomic E-state index is 0.0582. The first kappa shape index (κ1) is 16.6. The van der Waals surface area contributed by atoms with Gasteiger partial charge in [0.15, 0.2) is 0 Å². The van der Waals surface area contributed by atoms with Crippen LogP contribution in [0.3, 0.4) is 0 Å². The van der Waals surface area contributed by atoms with Gasteiger partial charge in [-0.1, -0.05) is 18.2 Å². The van der Waals surface area contributed by atoms with Gasteiger partial charge >= 0.3 is 12.2 Å². The van der Waals surface area contributed by atoms with Crippen molar-refractivity contribution in [2.24, 2.45) is 0 Å². The van der Waals surface area contributed by atoms with Gasteiger partial charge in [0.2, 0.25) is 11.5 Å². The minimum atomic E-state index is -1.50. The second-order valence-electron chi connectivity index (χ2n) is 5.97. The molecule has 0 unspecified atom stereocenters. The van der Waals surface area contributed by atoms with Crippen LogP contribution in [0.5, 0.6) is 5.88 Å². The second-order valence-corrected chi connectivity index (χ2v) is 5.97. The van der Waals surface area contributed by atoms with E-state index in [0.717, 1.165) is 22.4 Å². The Morgan fingerprint density at radius 2 is 2.22 bits per heavy atom. The van der Waals surface area contributed by atoms with Crippen molar-refractivity contribution in [3.8, 4) is 17.1 Å². The largest absolute Gasteiger partial charge is 0.512 e. The standard InChI is InChI=1S/C17H15N5O5/c1-18-16(24)19-6-8-3-2-4-9-10(8)5-11-13(9)21-15(23)14-20-12(7-22(11)14)27-17(25)26/h2-4,7H,5-6H2,1H3,(H,21,23)(H,25,26)(H2,18,19,24). The summed E-state index contributed by atoms with van der Waals surface area (Å²) in [5, 5.41) is 14.0. The maximum atomic E-state index is 12.4. The molecule has 2 aromatic heterocycles. The first-order valence-electron chi connectivity index (χ1n) is 8.09. The Morgan fingerprint density at radius 3 is 2.96 bits per heavy atom. The van der Waals surface area contributed by atoms with E-state index in [0.29, 0.717) is 18.7 Å². The molecule has 1 aliphatic rings. The number of benzene rings is 1. The molecule has 4 N–H and O–H groups in total. The number of rotatable bonds is 3. The Labute approximate surface area is 151 Å². The van der Waals surface area contributed by atoms with Crippen molar-refractivity contribution in [2.45, 2.75) is 13.0 Å². The first-order valence-corrected chi connectivity index (χ1v) is 8.09. The third-order valence-corrected chi connectivity index (χ3v) is 4.45. The van der Waals surface area contributed by atoms with Gasteiger partial charge < -0.3 is 25.5 Å². The van der Waals surface area contributed by atoms with Gasteiger partial charge in [-0.25, -0.2) is 9.59 Å². The van der Waals surface area contributed by atoms with E-state index < -0.39 is 11.7 Å². The first-order chi connectivity index (χ1) is 13.0. The highest BCUT2D eigenvalue weighted by atomic mass is 16.7. The SMILES string of the molecule is CNC(=O)NCc1cccc2c1Cc1c-2[nH]c(=O)c2nc(OC(=O)O)cn12. The van der Waals surface area contributed by atoms with Crippen LogP contribution in [-0.2, 0) is 13.0 Å². The fourth-order valence-electron chi connectivity index (χ4n) is 3.30. The van der Waals surface area contributed by atoms with Crippen molar-refractivity contribution in [3.05, 3.63) is 51.6 Å². The summed E-state index contributed by atoms with van der Waals surface area (Å²) in [6, 6.07) is 5.36. The van der Waals surface area contributed by atoms with E-state index in [1.165, 1.54) is 13.2 Å². The molecule has 10 heteroatoms. The molecule has 1 aromatic carbocycles. The Kier molecular flexibility index (Phi) is 3.80. The summed E-state index contributed by atoms with van der Waals surface area (Å²) in [5.74, 6) is -0.168. The second kappa shape index (κ2) is 6.16. The van der Waals surface area contributed by atoms with Crippen molar-refractivity contribution in [1.82, 2.24) is 25.0 Å². The van der Waals surface area contributed by atoms with Gasteiger partial charge in [-0.05, 0) is 11.1 Å². The molecule has 2 amide bonds. The molecule has 1 aliphatic carbocycles. The van der Waals surface area contributed by atoms with Gasteiger partial charge in [-0.3, -0.25) is 9.20 Å². The summed E-state index contributed by atoms with van der Waals surface area (Å²) in [6.45, 7) is 0.335. The predicted molar refractivity (Wildman–Crippen MR) is 94.0 cm³/mol. The third kappa shape index (κ3) is 2.76. The summed E-state index contributed by atoms with van der Waals surface area (Å²) in [7, 11) is 1.54. The van der Waals surface area contributed by atoms with E-state index in [1.54, 1.807) is 4.40 Å². The van der Waals surface area contributed by atoms with Crippen molar-refractivity contribution in [2.75, 3.05) is 7.05 Å². The lowest BCUT2D eigenvalue weighted by Crippen LogP contribution is -2.32. The number of imidazole rings is 1. The molecule has 0 saturated carbocycles. The highest BCUT2D eigenvalue weighted by Gasteiger charge is 2.26. The molecule has 0 atom stereocenters. The smallest absolute Gasteiger partial charge is 0.449 e. The molecule has 3 aromatic rings. The third-order valence-electron chi connectivity index (χ3n) is 4.45. The van der Waals surface area contributed by atoms with Crippen LogP contribution in [0, 0.1) is 0 Å². The average Bonchev–Trinajstić information content (AvgIpc) is 3.21. The highest BCUT2D eigenvalue weighted by molar-refractivity contribution is 5.76. The van der Waals surface area contributed by atoms with Crippen LogP contribution in [0.25, 0.3) is 16.9 Å². The molecule has 10 nitrogen and oxygen atoms in total. The number of amides is 2. The Bertz CT molecular complexity index is 1150. The number of fused-ring (bicyclic) bond motifs is 5. The normalized spacial score (nSPS) is 11.7. The van der Waals surface area contributed by atoms with E-state index in [1.807, 2.05) is 18.2 Å². The molecule has 0 bridgehead atoms. The fraction of sp³-hybridized carbons (Fsp3) is 0.176. The van der Waals surface area contributed by atoms with Gasteiger partial charge in [0, 0.05) is 25.6 Å². The van der Waals surface area contributed by atoms with Gasteiger partial charge in [0.25, 0.3) is 5.56 Å².